The molecule has 5 rings (SSSR count). The van der Waals surface area contributed by atoms with Crippen molar-refractivity contribution in [1.29, 1.82) is 0 Å². The number of aromatic amines is 1. The normalized spacial score (nSPS) is 11.5. The van der Waals surface area contributed by atoms with Crippen LogP contribution in [0.5, 0.6) is 0 Å². The molecule has 0 unspecified atom stereocenters. The zero-order valence-electron chi connectivity index (χ0n) is 13.2. The minimum Gasteiger partial charge on any atom is -0.339 e. The highest BCUT2D eigenvalue weighted by Crippen LogP contribution is 2.38. The minimum atomic E-state index is 0.930. The summed E-state index contributed by atoms with van der Waals surface area (Å²) >= 11 is 0. The van der Waals surface area contributed by atoms with Crippen LogP contribution in [0.25, 0.3) is 44.0 Å². The second-order valence-corrected chi connectivity index (χ2v) is 6.14. The molecular weight excluding hydrogens is 294 g/mol. The van der Waals surface area contributed by atoms with E-state index in [0.29, 0.717) is 0 Å². The number of nitrogens with one attached hydrogen (secondary N) is 1. The fraction of sp³-hybridized carbons (Fsp3) is 0.0476. The number of pyridine rings is 2. The number of H-pyrrole nitrogens is 1. The molecule has 3 nitrogen and oxygen atoms in total. The van der Waals surface area contributed by atoms with Crippen LogP contribution >= 0.6 is 0 Å². The Morgan fingerprint density at radius 2 is 1.71 bits per heavy atom. The molecule has 2 aromatic carbocycles. The first-order valence-corrected chi connectivity index (χ1v) is 8.02. The fourth-order valence-corrected chi connectivity index (χ4v) is 3.49. The van der Waals surface area contributed by atoms with Gasteiger partial charge in [0.15, 0.2) is 0 Å². The SMILES string of the molecule is Cc1ccc2nc3[nH]c4ccccc4c3c(-c3ccncc3)c2c1. The number of rotatable bonds is 1. The van der Waals surface area contributed by atoms with Gasteiger partial charge in [-0.25, -0.2) is 4.98 Å². The van der Waals surface area contributed by atoms with E-state index >= 15 is 0 Å². The van der Waals surface area contributed by atoms with Crippen molar-refractivity contribution in [2.24, 2.45) is 0 Å². The van der Waals surface area contributed by atoms with E-state index < -0.39 is 0 Å². The summed E-state index contributed by atoms with van der Waals surface area (Å²) < 4.78 is 0. The van der Waals surface area contributed by atoms with Gasteiger partial charge in [-0.1, -0.05) is 29.8 Å². The quantitative estimate of drug-likeness (QED) is 0.460. The summed E-state index contributed by atoms with van der Waals surface area (Å²) in [6.45, 7) is 2.12. The number of benzene rings is 2. The van der Waals surface area contributed by atoms with Gasteiger partial charge in [-0.05, 0) is 42.8 Å². The van der Waals surface area contributed by atoms with E-state index in [2.05, 4.69) is 65.4 Å². The minimum absolute atomic E-state index is 0.930. The Labute approximate surface area is 139 Å². The Kier molecular flexibility index (Phi) is 2.71. The molecule has 1 N–H and O–H groups in total. The molecule has 0 fully saturated rings. The monoisotopic (exact) mass is 309 g/mol. The van der Waals surface area contributed by atoms with Crippen LogP contribution < -0.4 is 0 Å². The molecule has 3 heteroatoms. The van der Waals surface area contributed by atoms with Crippen molar-refractivity contribution >= 4 is 32.8 Å². The van der Waals surface area contributed by atoms with E-state index in [1.54, 1.807) is 0 Å². The van der Waals surface area contributed by atoms with Crippen LogP contribution in [0.3, 0.4) is 0 Å². The van der Waals surface area contributed by atoms with Gasteiger partial charge in [-0.3, -0.25) is 4.98 Å². The summed E-state index contributed by atoms with van der Waals surface area (Å²) in [4.78, 5) is 12.5. The number of aryl methyl sites for hydroxylation is 1. The molecule has 0 saturated carbocycles. The highest BCUT2D eigenvalue weighted by molar-refractivity contribution is 6.19. The second-order valence-electron chi connectivity index (χ2n) is 6.14. The lowest BCUT2D eigenvalue weighted by Crippen LogP contribution is -1.89. The number of hydrogen-bond donors (Lipinski definition) is 1. The third-order valence-corrected chi connectivity index (χ3v) is 4.56. The first kappa shape index (κ1) is 13.3. The molecule has 0 spiro atoms. The summed E-state index contributed by atoms with van der Waals surface area (Å²) in [5.74, 6) is 0. The molecule has 0 aliphatic rings. The van der Waals surface area contributed by atoms with E-state index in [-0.39, 0.29) is 0 Å². The van der Waals surface area contributed by atoms with Crippen molar-refractivity contribution in [1.82, 2.24) is 15.0 Å². The first-order valence-electron chi connectivity index (χ1n) is 8.02. The van der Waals surface area contributed by atoms with Gasteiger partial charge >= 0.3 is 0 Å². The van der Waals surface area contributed by atoms with Gasteiger partial charge in [0.05, 0.1) is 5.52 Å². The third kappa shape index (κ3) is 1.85. The molecule has 3 heterocycles. The lowest BCUT2D eigenvalue weighted by atomic mass is 9.96. The van der Waals surface area contributed by atoms with Crippen molar-refractivity contribution in [3.8, 4) is 11.1 Å². The predicted molar refractivity (Wildman–Crippen MR) is 99.1 cm³/mol. The zero-order valence-corrected chi connectivity index (χ0v) is 13.2. The number of para-hydroxylation sites is 1. The Balaban J connectivity index is 2.08. The van der Waals surface area contributed by atoms with Crippen LogP contribution in [0, 0.1) is 6.92 Å². The summed E-state index contributed by atoms with van der Waals surface area (Å²) in [6.07, 6.45) is 3.69. The average molecular weight is 309 g/mol. The molecule has 114 valence electrons. The van der Waals surface area contributed by atoms with Gasteiger partial charge in [0.2, 0.25) is 0 Å². The van der Waals surface area contributed by atoms with E-state index in [9.17, 15) is 0 Å². The fourth-order valence-electron chi connectivity index (χ4n) is 3.49. The maximum Gasteiger partial charge on any atom is 0.139 e. The lowest BCUT2D eigenvalue weighted by Gasteiger charge is -2.10. The molecule has 0 radical (unpaired) electrons. The van der Waals surface area contributed by atoms with Gasteiger partial charge in [-0.2, -0.15) is 0 Å². The highest BCUT2D eigenvalue weighted by Gasteiger charge is 2.15. The summed E-state index contributed by atoms with van der Waals surface area (Å²) in [6, 6.07) is 18.9. The van der Waals surface area contributed by atoms with Gasteiger partial charge < -0.3 is 4.98 Å². The van der Waals surface area contributed by atoms with Crippen LogP contribution in [0.15, 0.2) is 67.0 Å². The number of aromatic nitrogens is 3. The highest BCUT2D eigenvalue weighted by atomic mass is 14.9. The van der Waals surface area contributed by atoms with Gasteiger partial charge in [-0.15, -0.1) is 0 Å². The molecule has 0 amide bonds. The number of nitrogens with zero attached hydrogens (tertiary/aromatic N) is 2. The summed E-state index contributed by atoms with van der Waals surface area (Å²) in [7, 11) is 0. The van der Waals surface area contributed by atoms with Gasteiger partial charge in [0.25, 0.3) is 0 Å². The lowest BCUT2D eigenvalue weighted by molar-refractivity contribution is 1.33. The van der Waals surface area contributed by atoms with Gasteiger partial charge in [0.1, 0.15) is 5.65 Å². The van der Waals surface area contributed by atoms with Crippen LogP contribution in [0.1, 0.15) is 5.56 Å². The number of fused-ring (bicyclic) bond motifs is 4. The Morgan fingerprint density at radius 3 is 2.58 bits per heavy atom. The van der Waals surface area contributed by atoms with Gasteiger partial charge in [0, 0.05) is 39.6 Å². The summed E-state index contributed by atoms with van der Waals surface area (Å²) in [5.41, 5.74) is 6.67. The smallest absolute Gasteiger partial charge is 0.139 e. The van der Waals surface area contributed by atoms with E-state index in [4.69, 9.17) is 4.98 Å². The Morgan fingerprint density at radius 1 is 0.875 bits per heavy atom. The van der Waals surface area contributed by atoms with Crippen LogP contribution in [-0.4, -0.2) is 15.0 Å². The standard InChI is InChI=1S/C21H15N3/c1-13-6-7-18-16(12-13)19(14-8-10-22-11-9-14)20-15-4-2-3-5-17(15)23-21(20)24-18/h2-12H,1H3,(H,23,24). The van der Waals surface area contributed by atoms with E-state index in [1.165, 1.54) is 27.3 Å². The van der Waals surface area contributed by atoms with Crippen molar-refractivity contribution in [2.75, 3.05) is 0 Å². The zero-order chi connectivity index (χ0) is 16.1. The molecule has 0 aliphatic heterocycles. The largest absolute Gasteiger partial charge is 0.339 e. The second kappa shape index (κ2) is 4.90. The maximum absolute atomic E-state index is 4.87. The topological polar surface area (TPSA) is 41.6 Å². The predicted octanol–water partition coefficient (Wildman–Crippen LogP) is 5.24. The van der Waals surface area contributed by atoms with Crippen LogP contribution in [0.2, 0.25) is 0 Å². The molecular formula is C21H15N3. The van der Waals surface area contributed by atoms with Crippen LogP contribution in [0.4, 0.5) is 0 Å². The first-order chi connectivity index (χ1) is 11.8. The molecule has 0 saturated heterocycles. The van der Waals surface area contributed by atoms with E-state index in [1.807, 2.05) is 18.5 Å². The van der Waals surface area contributed by atoms with E-state index in [0.717, 1.165) is 22.2 Å². The Hall–Kier alpha value is -3.20. The van der Waals surface area contributed by atoms with Crippen molar-refractivity contribution in [3.05, 3.63) is 72.6 Å². The molecule has 0 bridgehead atoms. The summed E-state index contributed by atoms with van der Waals surface area (Å²) in [5, 5.41) is 3.56. The third-order valence-electron chi connectivity index (χ3n) is 4.56. The number of hydrogen-bond acceptors (Lipinski definition) is 2. The molecule has 0 aliphatic carbocycles. The maximum atomic E-state index is 4.87. The molecule has 3 aromatic heterocycles. The molecule has 5 aromatic rings. The average Bonchev–Trinajstić information content (AvgIpc) is 2.98. The van der Waals surface area contributed by atoms with Crippen molar-refractivity contribution < 1.29 is 0 Å². The van der Waals surface area contributed by atoms with Crippen molar-refractivity contribution in [3.63, 3.8) is 0 Å². The van der Waals surface area contributed by atoms with Crippen LogP contribution in [-0.2, 0) is 0 Å². The Bertz CT molecular complexity index is 1200. The molecule has 24 heavy (non-hydrogen) atoms. The molecule has 0 atom stereocenters. The van der Waals surface area contributed by atoms with Crippen molar-refractivity contribution in [2.45, 2.75) is 6.92 Å².